The standard InChI is InChI=1S/C13H17BrO4/c1-16-9-6-5-8(13(17-2)11(9)14)12(15)10-4-3-7-18-10/h5-6,10,12,15H,3-4,7H2,1-2H3. The van der Waals surface area contributed by atoms with Crippen LogP contribution >= 0.6 is 15.9 Å². The van der Waals surface area contributed by atoms with Gasteiger partial charge in [0.2, 0.25) is 0 Å². The first-order valence-electron chi connectivity index (χ1n) is 5.89. The Balaban J connectivity index is 2.34. The largest absolute Gasteiger partial charge is 0.495 e. The number of benzene rings is 1. The lowest BCUT2D eigenvalue weighted by Gasteiger charge is -2.21. The molecule has 2 unspecified atom stereocenters. The number of halogens is 1. The molecule has 0 bridgehead atoms. The van der Waals surface area contributed by atoms with Gasteiger partial charge >= 0.3 is 0 Å². The van der Waals surface area contributed by atoms with E-state index in [2.05, 4.69) is 15.9 Å². The summed E-state index contributed by atoms with van der Waals surface area (Å²) >= 11 is 3.43. The smallest absolute Gasteiger partial charge is 0.142 e. The zero-order chi connectivity index (χ0) is 13.1. The molecule has 1 saturated heterocycles. The van der Waals surface area contributed by atoms with E-state index in [4.69, 9.17) is 14.2 Å². The minimum Gasteiger partial charge on any atom is -0.495 e. The first-order valence-corrected chi connectivity index (χ1v) is 6.68. The van der Waals surface area contributed by atoms with Gasteiger partial charge in [0.1, 0.15) is 22.1 Å². The Bertz CT molecular complexity index is 416. The molecule has 0 radical (unpaired) electrons. The second-order valence-corrected chi connectivity index (χ2v) is 4.99. The Labute approximate surface area is 115 Å². The number of aliphatic hydroxyl groups excluding tert-OH is 1. The summed E-state index contributed by atoms with van der Waals surface area (Å²) in [6.07, 6.45) is 1.03. The van der Waals surface area contributed by atoms with Crippen LogP contribution in [0, 0.1) is 0 Å². The van der Waals surface area contributed by atoms with Crippen molar-refractivity contribution in [2.45, 2.75) is 25.0 Å². The molecule has 100 valence electrons. The first kappa shape index (κ1) is 13.6. The van der Waals surface area contributed by atoms with Crippen LogP contribution in [0.2, 0.25) is 0 Å². The number of aliphatic hydroxyl groups is 1. The summed E-state index contributed by atoms with van der Waals surface area (Å²) < 4.78 is 16.8. The second kappa shape index (κ2) is 5.91. The van der Waals surface area contributed by atoms with Crippen molar-refractivity contribution in [1.82, 2.24) is 0 Å². The van der Waals surface area contributed by atoms with Crippen LogP contribution in [0.3, 0.4) is 0 Å². The third-order valence-electron chi connectivity index (χ3n) is 3.15. The molecule has 0 spiro atoms. The van der Waals surface area contributed by atoms with Crippen LogP contribution in [0.25, 0.3) is 0 Å². The Morgan fingerprint density at radius 2 is 2.17 bits per heavy atom. The van der Waals surface area contributed by atoms with Crippen molar-refractivity contribution in [2.75, 3.05) is 20.8 Å². The van der Waals surface area contributed by atoms with Gasteiger partial charge in [-0.15, -0.1) is 0 Å². The summed E-state index contributed by atoms with van der Waals surface area (Å²) in [4.78, 5) is 0. The number of methoxy groups -OCH3 is 2. The fraction of sp³-hybridized carbons (Fsp3) is 0.538. The average molecular weight is 317 g/mol. The summed E-state index contributed by atoms with van der Waals surface area (Å²) in [6.45, 7) is 0.710. The summed E-state index contributed by atoms with van der Waals surface area (Å²) in [5.41, 5.74) is 0.720. The summed E-state index contributed by atoms with van der Waals surface area (Å²) in [5.74, 6) is 1.27. The summed E-state index contributed by atoms with van der Waals surface area (Å²) in [7, 11) is 3.17. The number of rotatable bonds is 4. The molecule has 5 heteroatoms. The van der Waals surface area contributed by atoms with E-state index >= 15 is 0 Å². The van der Waals surface area contributed by atoms with Crippen LogP contribution in [0.4, 0.5) is 0 Å². The normalized spacial score (nSPS) is 20.8. The topological polar surface area (TPSA) is 47.9 Å². The molecule has 0 aromatic heterocycles. The molecule has 1 aromatic rings. The maximum Gasteiger partial charge on any atom is 0.142 e. The van der Waals surface area contributed by atoms with Crippen molar-refractivity contribution in [3.63, 3.8) is 0 Å². The van der Waals surface area contributed by atoms with Crippen molar-refractivity contribution in [3.05, 3.63) is 22.2 Å². The molecule has 0 aliphatic carbocycles. The van der Waals surface area contributed by atoms with E-state index in [0.29, 0.717) is 22.6 Å². The lowest BCUT2D eigenvalue weighted by Crippen LogP contribution is -2.18. The predicted octanol–water partition coefficient (Wildman–Crippen LogP) is 2.68. The molecular formula is C13H17BrO4. The minimum absolute atomic E-state index is 0.154. The molecule has 18 heavy (non-hydrogen) atoms. The molecule has 1 N–H and O–H groups in total. The highest BCUT2D eigenvalue weighted by molar-refractivity contribution is 9.10. The van der Waals surface area contributed by atoms with Crippen molar-refractivity contribution in [3.8, 4) is 11.5 Å². The molecular weight excluding hydrogens is 300 g/mol. The molecule has 1 fully saturated rings. The van der Waals surface area contributed by atoms with E-state index in [1.807, 2.05) is 6.07 Å². The third kappa shape index (κ3) is 2.48. The third-order valence-corrected chi connectivity index (χ3v) is 3.90. The molecule has 4 nitrogen and oxygen atoms in total. The van der Waals surface area contributed by atoms with Gasteiger partial charge in [0.25, 0.3) is 0 Å². The first-order chi connectivity index (χ1) is 8.69. The minimum atomic E-state index is -0.676. The zero-order valence-electron chi connectivity index (χ0n) is 10.5. The highest BCUT2D eigenvalue weighted by atomic mass is 79.9. The number of ether oxygens (including phenoxy) is 3. The van der Waals surface area contributed by atoms with Crippen LogP contribution in [0.15, 0.2) is 16.6 Å². The van der Waals surface area contributed by atoms with Gasteiger partial charge in [-0.05, 0) is 40.9 Å². The van der Waals surface area contributed by atoms with Crippen molar-refractivity contribution < 1.29 is 19.3 Å². The Hall–Kier alpha value is -0.780. The molecule has 2 atom stereocenters. The van der Waals surface area contributed by atoms with E-state index in [9.17, 15) is 5.11 Å². The highest BCUT2D eigenvalue weighted by Crippen LogP contribution is 2.41. The van der Waals surface area contributed by atoms with Gasteiger partial charge in [-0.25, -0.2) is 0 Å². The number of hydrogen-bond donors (Lipinski definition) is 1. The molecule has 1 aromatic carbocycles. The summed E-state index contributed by atoms with van der Waals surface area (Å²) in [5, 5.41) is 10.4. The van der Waals surface area contributed by atoms with Gasteiger partial charge < -0.3 is 19.3 Å². The van der Waals surface area contributed by atoms with E-state index in [-0.39, 0.29) is 6.10 Å². The lowest BCUT2D eigenvalue weighted by molar-refractivity contribution is -0.00370. The van der Waals surface area contributed by atoms with Crippen LogP contribution < -0.4 is 9.47 Å². The monoisotopic (exact) mass is 316 g/mol. The van der Waals surface area contributed by atoms with Gasteiger partial charge in [-0.2, -0.15) is 0 Å². The van der Waals surface area contributed by atoms with E-state index in [0.717, 1.165) is 18.4 Å². The Kier molecular flexibility index (Phi) is 4.48. The molecule has 1 aliphatic heterocycles. The maximum absolute atomic E-state index is 10.4. The fourth-order valence-electron chi connectivity index (χ4n) is 2.20. The fourth-order valence-corrected chi connectivity index (χ4v) is 2.89. The van der Waals surface area contributed by atoms with Crippen LogP contribution in [-0.4, -0.2) is 32.0 Å². The van der Waals surface area contributed by atoms with Crippen LogP contribution in [0.5, 0.6) is 11.5 Å². The summed E-state index contributed by atoms with van der Waals surface area (Å²) in [6, 6.07) is 3.62. The Morgan fingerprint density at radius 3 is 2.72 bits per heavy atom. The highest BCUT2D eigenvalue weighted by Gasteiger charge is 2.29. The van der Waals surface area contributed by atoms with E-state index < -0.39 is 6.10 Å². The van der Waals surface area contributed by atoms with Gasteiger partial charge in [-0.1, -0.05) is 0 Å². The predicted molar refractivity (Wildman–Crippen MR) is 71.2 cm³/mol. The zero-order valence-corrected chi connectivity index (χ0v) is 12.1. The van der Waals surface area contributed by atoms with Gasteiger partial charge in [0.15, 0.2) is 0 Å². The van der Waals surface area contributed by atoms with Crippen molar-refractivity contribution >= 4 is 15.9 Å². The molecule has 0 saturated carbocycles. The van der Waals surface area contributed by atoms with Crippen LogP contribution in [0.1, 0.15) is 24.5 Å². The Morgan fingerprint density at radius 1 is 1.39 bits per heavy atom. The molecule has 1 heterocycles. The molecule has 2 rings (SSSR count). The molecule has 1 aliphatic rings. The van der Waals surface area contributed by atoms with E-state index in [1.54, 1.807) is 20.3 Å². The SMILES string of the molecule is COc1ccc(C(O)C2CCCO2)c(OC)c1Br. The molecule has 0 amide bonds. The van der Waals surface area contributed by atoms with Gasteiger partial charge in [-0.3, -0.25) is 0 Å². The lowest BCUT2D eigenvalue weighted by atomic mass is 10.0. The quantitative estimate of drug-likeness (QED) is 0.927. The van der Waals surface area contributed by atoms with E-state index in [1.165, 1.54) is 0 Å². The van der Waals surface area contributed by atoms with Crippen molar-refractivity contribution in [1.29, 1.82) is 0 Å². The average Bonchev–Trinajstić information content (AvgIpc) is 2.91. The van der Waals surface area contributed by atoms with Crippen LogP contribution in [-0.2, 0) is 4.74 Å². The van der Waals surface area contributed by atoms with Crippen molar-refractivity contribution in [2.24, 2.45) is 0 Å². The van der Waals surface area contributed by atoms with Gasteiger partial charge in [0, 0.05) is 12.2 Å². The van der Waals surface area contributed by atoms with Gasteiger partial charge in [0.05, 0.1) is 20.3 Å². The number of hydrogen-bond acceptors (Lipinski definition) is 4. The second-order valence-electron chi connectivity index (χ2n) is 4.20. The maximum atomic E-state index is 10.4.